The second kappa shape index (κ2) is 4.28. The van der Waals surface area contributed by atoms with Crippen molar-refractivity contribution in [2.24, 2.45) is 0 Å². The molecule has 76 valence electrons. The lowest BCUT2D eigenvalue weighted by atomic mass is 10.3. The summed E-state index contributed by atoms with van der Waals surface area (Å²) in [7, 11) is 0. The zero-order valence-electron chi connectivity index (χ0n) is 8.75. The normalized spacial score (nSPS) is 17.5. The van der Waals surface area contributed by atoms with Crippen LogP contribution in [0.5, 0.6) is 0 Å². The molecule has 14 heavy (non-hydrogen) atoms. The maximum atomic E-state index is 3.97. The molecule has 2 heterocycles. The Balaban J connectivity index is 1.98. The molecule has 1 saturated heterocycles. The summed E-state index contributed by atoms with van der Waals surface area (Å²) < 4.78 is 0. The van der Waals surface area contributed by atoms with Gasteiger partial charge in [0, 0.05) is 16.3 Å². The van der Waals surface area contributed by atoms with Crippen LogP contribution in [0.4, 0.5) is 0 Å². The van der Waals surface area contributed by atoms with Crippen molar-refractivity contribution in [1.82, 2.24) is 4.90 Å². The highest BCUT2D eigenvalue weighted by molar-refractivity contribution is 7.13. The van der Waals surface area contributed by atoms with Crippen molar-refractivity contribution in [2.45, 2.75) is 26.3 Å². The molecule has 0 aliphatic carbocycles. The lowest BCUT2D eigenvalue weighted by Crippen LogP contribution is -2.17. The van der Waals surface area contributed by atoms with Crippen LogP contribution in [-0.2, 0) is 6.54 Å². The van der Waals surface area contributed by atoms with E-state index in [1.807, 2.05) is 11.3 Å². The summed E-state index contributed by atoms with van der Waals surface area (Å²) in [6.07, 6.45) is 2.75. The Morgan fingerprint density at radius 3 is 2.71 bits per heavy atom. The number of thiophene rings is 1. The summed E-state index contributed by atoms with van der Waals surface area (Å²) in [5.41, 5.74) is 1.18. The summed E-state index contributed by atoms with van der Waals surface area (Å²) in [6.45, 7) is 9.74. The quantitative estimate of drug-likeness (QED) is 0.734. The lowest BCUT2D eigenvalue weighted by molar-refractivity contribution is 0.334. The fraction of sp³-hybridized carbons (Fsp3) is 0.500. The molecular formula is C12H17NS. The fourth-order valence-electron chi connectivity index (χ4n) is 1.85. The second-order valence-electron chi connectivity index (χ2n) is 4.03. The number of allylic oxidation sites excluding steroid dienone is 1. The van der Waals surface area contributed by atoms with Gasteiger partial charge < -0.3 is 0 Å². The molecule has 1 aliphatic rings. The zero-order chi connectivity index (χ0) is 9.97. The van der Waals surface area contributed by atoms with Crippen LogP contribution in [-0.4, -0.2) is 18.0 Å². The van der Waals surface area contributed by atoms with Crippen molar-refractivity contribution in [3.8, 4) is 0 Å². The molecule has 0 bridgehead atoms. The summed E-state index contributed by atoms with van der Waals surface area (Å²) in [4.78, 5) is 5.35. The predicted molar refractivity (Wildman–Crippen MR) is 63.5 cm³/mol. The molecule has 1 fully saturated rings. The van der Waals surface area contributed by atoms with E-state index < -0.39 is 0 Å². The average molecular weight is 207 g/mol. The Bertz CT molecular complexity index is 321. The predicted octanol–water partition coefficient (Wildman–Crippen LogP) is 3.38. The van der Waals surface area contributed by atoms with Gasteiger partial charge in [0.2, 0.25) is 0 Å². The van der Waals surface area contributed by atoms with Crippen molar-refractivity contribution in [3.63, 3.8) is 0 Å². The van der Waals surface area contributed by atoms with Gasteiger partial charge in [-0.25, -0.2) is 0 Å². The van der Waals surface area contributed by atoms with Gasteiger partial charge in [-0.15, -0.1) is 11.3 Å². The Kier molecular flexibility index (Phi) is 3.04. The van der Waals surface area contributed by atoms with Crippen molar-refractivity contribution in [2.75, 3.05) is 13.1 Å². The van der Waals surface area contributed by atoms with E-state index >= 15 is 0 Å². The molecule has 2 heteroatoms. The van der Waals surface area contributed by atoms with Gasteiger partial charge in [-0.1, -0.05) is 6.58 Å². The van der Waals surface area contributed by atoms with Crippen LogP contribution in [0.3, 0.4) is 0 Å². The monoisotopic (exact) mass is 207 g/mol. The molecular weight excluding hydrogens is 190 g/mol. The Morgan fingerprint density at radius 2 is 2.14 bits per heavy atom. The number of likely N-dealkylation sites (tertiary alicyclic amines) is 1. The minimum Gasteiger partial charge on any atom is -0.298 e. The van der Waals surface area contributed by atoms with Crippen LogP contribution >= 0.6 is 11.3 Å². The van der Waals surface area contributed by atoms with Crippen LogP contribution in [0.1, 0.15) is 29.5 Å². The third kappa shape index (κ3) is 2.25. The molecule has 1 aromatic rings. The van der Waals surface area contributed by atoms with Crippen molar-refractivity contribution in [1.29, 1.82) is 0 Å². The molecule has 0 radical (unpaired) electrons. The first-order valence-electron chi connectivity index (χ1n) is 5.22. The number of rotatable bonds is 3. The maximum Gasteiger partial charge on any atom is 0.0328 e. The van der Waals surface area contributed by atoms with Crippen molar-refractivity contribution >= 4 is 16.9 Å². The van der Waals surface area contributed by atoms with Gasteiger partial charge in [-0.05, 0) is 50.6 Å². The SMILES string of the molecule is C=C(C)c1ccc(CN2CCCC2)s1. The Morgan fingerprint density at radius 1 is 1.43 bits per heavy atom. The molecule has 0 unspecified atom stereocenters. The minimum atomic E-state index is 1.14. The molecule has 0 atom stereocenters. The van der Waals surface area contributed by atoms with Gasteiger partial charge in [0.05, 0.1) is 0 Å². The van der Waals surface area contributed by atoms with Crippen LogP contribution in [0.25, 0.3) is 5.57 Å². The molecule has 0 saturated carbocycles. The van der Waals surface area contributed by atoms with E-state index in [2.05, 4.69) is 30.5 Å². The molecule has 0 aromatic carbocycles. The highest BCUT2D eigenvalue weighted by Crippen LogP contribution is 2.24. The number of nitrogens with zero attached hydrogens (tertiary/aromatic N) is 1. The standard InChI is InChI=1S/C12H17NS/c1-10(2)12-6-5-11(14-12)9-13-7-3-4-8-13/h5-6H,1,3-4,7-9H2,2H3. The zero-order valence-corrected chi connectivity index (χ0v) is 9.57. The van der Waals surface area contributed by atoms with Crippen LogP contribution in [0.2, 0.25) is 0 Å². The first kappa shape index (κ1) is 9.94. The summed E-state index contributed by atoms with van der Waals surface area (Å²) in [6, 6.07) is 4.44. The highest BCUT2D eigenvalue weighted by atomic mass is 32.1. The van der Waals surface area contributed by atoms with E-state index in [1.54, 1.807) is 0 Å². The van der Waals surface area contributed by atoms with Gasteiger partial charge in [-0.3, -0.25) is 4.90 Å². The van der Waals surface area contributed by atoms with E-state index in [0.29, 0.717) is 0 Å². The summed E-state index contributed by atoms with van der Waals surface area (Å²) in [5.74, 6) is 0. The van der Waals surface area contributed by atoms with Crippen LogP contribution in [0.15, 0.2) is 18.7 Å². The smallest absolute Gasteiger partial charge is 0.0328 e. The molecule has 0 amide bonds. The third-order valence-corrected chi connectivity index (χ3v) is 3.89. The van der Waals surface area contributed by atoms with E-state index in [9.17, 15) is 0 Å². The number of hydrogen-bond acceptors (Lipinski definition) is 2. The van der Waals surface area contributed by atoms with Crippen LogP contribution in [0, 0.1) is 0 Å². The first-order valence-corrected chi connectivity index (χ1v) is 6.04. The molecule has 0 N–H and O–H groups in total. The summed E-state index contributed by atoms with van der Waals surface area (Å²) in [5, 5.41) is 0. The molecule has 0 spiro atoms. The van der Waals surface area contributed by atoms with Crippen molar-refractivity contribution in [3.05, 3.63) is 28.5 Å². The molecule has 1 nitrogen and oxygen atoms in total. The highest BCUT2D eigenvalue weighted by Gasteiger charge is 2.12. The third-order valence-electron chi connectivity index (χ3n) is 2.66. The van der Waals surface area contributed by atoms with E-state index in [4.69, 9.17) is 0 Å². The van der Waals surface area contributed by atoms with Gasteiger partial charge >= 0.3 is 0 Å². The van der Waals surface area contributed by atoms with Gasteiger partial charge in [0.15, 0.2) is 0 Å². The Labute approximate surface area is 90.1 Å². The Hall–Kier alpha value is -0.600. The van der Waals surface area contributed by atoms with Gasteiger partial charge in [-0.2, -0.15) is 0 Å². The van der Waals surface area contributed by atoms with Gasteiger partial charge in [0.1, 0.15) is 0 Å². The first-order chi connectivity index (χ1) is 6.75. The minimum absolute atomic E-state index is 1.14. The molecule has 2 rings (SSSR count). The van der Waals surface area contributed by atoms with Crippen molar-refractivity contribution < 1.29 is 0 Å². The molecule has 1 aromatic heterocycles. The number of hydrogen-bond donors (Lipinski definition) is 0. The maximum absolute atomic E-state index is 3.97. The fourth-order valence-corrected chi connectivity index (χ4v) is 2.83. The second-order valence-corrected chi connectivity index (χ2v) is 5.20. The van der Waals surface area contributed by atoms with Crippen LogP contribution < -0.4 is 0 Å². The average Bonchev–Trinajstić information content (AvgIpc) is 2.75. The largest absolute Gasteiger partial charge is 0.298 e. The lowest BCUT2D eigenvalue weighted by Gasteiger charge is -2.12. The molecule has 1 aliphatic heterocycles. The van der Waals surface area contributed by atoms with E-state index in [-0.39, 0.29) is 0 Å². The van der Waals surface area contributed by atoms with Gasteiger partial charge in [0.25, 0.3) is 0 Å². The summed E-state index contributed by atoms with van der Waals surface area (Å²) >= 11 is 1.89. The topological polar surface area (TPSA) is 3.24 Å². The van der Waals surface area contributed by atoms with E-state index in [1.165, 1.54) is 41.3 Å². The van der Waals surface area contributed by atoms with E-state index in [0.717, 1.165) is 6.54 Å².